The summed E-state index contributed by atoms with van der Waals surface area (Å²) in [7, 11) is 1.55. The molecule has 3 aromatic rings. The maximum atomic E-state index is 13.9. The molecule has 0 aliphatic rings. The molecule has 1 N–H and O–H groups in total. The average molecular weight is 367 g/mol. The van der Waals surface area contributed by atoms with Gasteiger partial charge in [0.05, 0.1) is 13.7 Å². The summed E-state index contributed by atoms with van der Waals surface area (Å²) in [5.41, 5.74) is 1.99. The molecule has 27 heavy (non-hydrogen) atoms. The van der Waals surface area contributed by atoms with Gasteiger partial charge in [-0.1, -0.05) is 30.3 Å². The van der Waals surface area contributed by atoms with Gasteiger partial charge in [0.25, 0.3) is 5.91 Å². The van der Waals surface area contributed by atoms with Gasteiger partial charge in [0.2, 0.25) is 0 Å². The normalized spacial score (nSPS) is 10.8. The number of halogens is 1. The van der Waals surface area contributed by atoms with Gasteiger partial charge in [0.1, 0.15) is 11.6 Å². The molecule has 0 spiro atoms. The summed E-state index contributed by atoms with van der Waals surface area (Å²) < 4.78 is 19.3. The zero-order valence-electron chi connectivity index (χ0n) is 15.4. The summed E-state index contributed by atoms with van der Waals surface area (Å²) in [6, 6.07) is 15.5. The maximum absolute atomic E-state index is 13.9. The molecular weight excluding hydrogens is 345 g/mol. The van der Waals surface area contributed by atoms with Crippen molar-refractivity contribution in [1.82, 2.24) is 4.90 Å². The van der Waals surface area contributed by atoms with Crippen molar-refractivity contribution in [2.75, 3.05) is 26.8 Å². The van der Waals surface area contributed by atoms with E-state index in [0.29, 0.717) is 23.4 Å². The van der Waals surface area contributed by atoms with Crippen LogP contribution in [0.15, 0.2) is 54.6 Å². The third kappa shape index (κ3) is 3.64. The average Bonchev–Trinajstić information content (AvgIpc) is 2.70. The van der Waals surface area contributed by atoms with E-state index in [1.54, 1.807) is 24.1 Å². The summed E-state index contributed by atoms with van der Waals surface area (Å²) >= 11 is 0. The van der Waals surface area contributed by atoms with Crippen LogP contribution in [0, 0.1) is 5.82 Å². The Labute approximate surface area is 157 Å². The molecule has 3 rings (SSSR count). The van der Waals surface area contributed by atoms with E-state index in [-0.39, 0.29) is 24.9 Å². The van der Waals surface area contributed by atoms with Crippen LogP contribution in [-0.2, 0) is 0 Å². The lowest BCUT2D eigenvalue weighted by atomic mass is 9.94. The lowest BCUT2D eigenvalue weighted by molar-refractivity contribution is 0.0734. The molecule has 1 amide bonds. The summed E-state index contributed by atoms with van der Waals surface area (Å²) in [6.07, 6.45) is 0. The standard InChI is InChI=1S/C22H22FNO3/c1-3-24(12-13-25)22(26)19-10-9-18(16-6-4-5-7-17(16)19)20-14-15(23)8-11-21(20)27-2/h4-11,14,25H,3,12-13H2,1-2H3. The highest BCUT2D eigenvalue weighted by Crippen LogP contribution is 2.37. The second-order valence-corrected chi connectivity index (χ2v) is 6.16. The fourth-order valence-electron chi connectivity index (χ4n) is 3.31. The number of rotatable bonds is 6. The van der Waals surface area contributed by atoms with E-state index < -0.39 is 0 Å². The van der Waals surface area contributed by atoms with Crippen LogP contribution in [-0.4, -0.2) is 42.7 Å². The van der Waals surface area contributed by atoms with Crippen LogP contribution >= 0.6 is 0 Å². The Bertz CT molecular complexity index is 971. The third-order valence-corrected chi connectivity index (χ3v) is 4.65. The second kappa shape index (κ2) is 8.18. The predicted molar refractivity (Wildman–Crippen MR) is 105 cm³/mol. The molecule has 0 saturated carbocycles. The number of methoxy groups -OCH3 is 1. The molecule has 0 aromatic heterocycles. The van der Waals surface area contributed by atoms with Crippen LogP contribution in [0.5, 0.6) is 5.75 Å². The highest BCUT2D eigenvalue weighted by molar-refractivity contribution is 6.11. The van der Waals surface area contributed by atoms with Gasteiger partial charge < -0.3 is 14.7 Å². The number of aliphatic hydroxyl groups excluding tert-OH is 1. The van der Waals surface area contributed by atoms with Gasteiger partial charge >= 0.3 is 0 Å². The first-order valence-corrected chi connectivity index (χ1v) is 8.86. The van der Waals surface area contributed by atoms with E-state index in [0.717, 1.165) is 16.3 Å². The van der Waals surface area contributed by atoms with Gasteiger partial charge in [-0.05, 0) is 47.5 Å². The van der Waals surface area contributed by atoms with Crippen LogP contribution in [0.2, 0.25) is 0 Å². The minimum absolute atomic E-state index is 0.0872. The zero-order chi connectivity index (χ0) is 19.4. The first-order chi connectivity index (χ1) is 13.1. The van der Waals surface area contributed by atoms with Crippen molar-refractivity contribution < 1.29 is 19.0 Å². The van der Waals surface area contributed by atoms with E-state index in [1.165, 1.54) is 12.1 Å². The first kappa shape index (κ1) is 18.9. The van der Waals surface area contributed by atoms with Crippen LogP contribution < -0.4 is 4.74 Å². The molecule has 4 nitrogen and oxygen atoms in total. The number of likely N-dealkylation sites (N-methyl/N-ethyl adjacent to an activating group) is 1. The van der Waals surface area contributed by atoms with Gasteiger partial charge in [0, 0.05) is 24.2 Å². The van der Waals surface area contributed by atoms with E-state index in [2.05, 4.69) is 0 Å². The molecule has 0 saturated heterocycles. The Kier molecular flexibility index (Phi) is 5.72. The Morgan fingerprint density at radius 2 is 1.81 bits per heavy atom. The maximum Gasteiger partial charge on any atom is 0.254 e. The molecule has 3 aromatic carbocycles. The quantitative estimate of drug-likeness (QED) is 0.713. The molecule has 0 aliphatic heterocycles. The fourth-order valence-corrected chi connectivity index (χ4v) is 3.31. The second-order valence-electron chi connectivity index (χ2n) is 6.16. The van der Waals surface area contributed by atoms with Crippen molar-refractivity contribution in [3.63, 3.8) is 0 Å². The van der Waals surface area contributed by atoms with Crippen molar-refractivity contribution >= 4 is 16.7 Å². The molecule has 0 unspecified atom stereocenters. The van der Waals surface area contributed by atoms with Gasteiger partial charge in [-0.3, -0.25) is 4.79 Å². The summed E-state index contributed by atoms with van der Waals surface area (Å²) in [5, 5.41) is 10.8. The summed E-state index contributed by atoms with van der Waals surface area (Å²) in [5.74, 6) is 0.0757. The fraction of sp³-hybridized carbons (Fsp3) is 0.227. The van der Waals surface area contributed by atoms with Gasteiger partial charge in [0.15, 0.2) is 0 Å². The summed E-state index contributed by atoms with van der Waals surface area (Å²) in [4.78, 5) is 14.5. The van der Waals surface area contributed by atoms with E-state index >= 15 is 0 Å². The van der Waals surface area contributed by atoms with Crippen molar-refractivity contribution in [1.29, 1.82) is 0 Å². The Hall–Kier alpha value is -2.92. The molecular formula is C22H22FNO3. The van der Waals surface area contributed by atoms with Crippen LogP contribution in [0.25, 0.3) is 21.9 Å². The minimum Gasteiger partial charge on any atom is -0.496 e. The van der Waals surface area contributed by atoms with Gasteiger partial charge in [-0.2, -0.15) is 0 Å². The largest absolute Gasteiger partial charge is 0.496 e. The molecule has 0 heterocycles. The lowest BCUT2D eigenvalue weighted by Crippen LogP contribution is -2.33. The van der Waals surface area contributed by atoms with Crippen molar-refractivity contribution in [2.45, 2.75) is 6.92 Å². The van der Waals surface area contributed by atoms with Crippen molar-refractivity contribution in [3.05, 3.63) is 66.0 Å². The smallest absolute Gasteiger partial charge is 0.254 e. The molecule has 0 radical (unpaired) electrons. The summed E-state index contributed by atoms with van der Waals surface area (Å²) in [6.45, 7) is 2.58. The number of hydrogen-bond donors (Lipinski definition) is 1. The number of ether oxygens (including phenoxy) is 1. The Morgan fingerprint density at radius 3 is 2.48 bits per heavy atom. The van der Waals surface area contributed by atoms with Crippen LogP contribution in [0.1, 0.15) is 17.3 Å². The minimum atomic E-state index is -0.352. The van der Waals surface area contributed by atoms with E-state index in [1.807, 2.05) is 37.3 Å². The SMILES string of the molecule is CCN(CCO)C(=O)c1ccc(-c2cc(F)ccc2OC)c2ccccc12. The lowest BCUT2D eigenvalue weighted by Gasteiger charge is -2.21. The number of benzene rings is 3. The number of hydrogen-bond acceptors (Lipinski definition) is 3. The molecule has 0 bridgehead atoms. The number of carbonyl (C=O) groups excluding carboxylic acids is 1. The third-order valence-electron chi connectivity index (χ3n) is 4.65. The van der Waals surface area contributed by atoms with Crippen LogP contribution in [0.4, 0.5) is 4.39 Å². The molecule has 5 heteroatoms. The van der Waals surface area contributed by atoms with Gasteiger partial charge in [-0.15, -0.1) is 0 Å². The molecule has 0 aliphatic carbocycles. The highest BCUT2D eigenvalue weighted by Gasteiger charge is 2.19. The van der Waals surface area contributed by atoms with E-state index in [4.69, 9.17) is 4.74 Å². The molecule has 0 fully saturated rings. The Morgan fingerprint density at radius 1 is 1.07 bits per heavy atom. The number of nitrogens with zero attached hydrogens (tertiary/aromatic N) is 1. The predicted octanol–water partition coefficient (Wildman–Crippen LogP) is 4.11. The van der Waals surface area contributed by atoms with Gasteiger partial charge in [-0.25, -0.2) is 4.39 Å². The monoisotopic (exact) mass is 367 g/mol. The first-order valence-electron chi connectivity index (χ1n) is 8.86. The number of carbonyl (C=O) groups is 1. The van der Waals surface area contributed by atoms with Crippen molar-refractivity contribution in [2.24, 2.45) is 0 Å². The Balaban J connectivity index is 2.20. The van der Waals surface area contributed by atoms with Crippen molar-refractivity contribution in [3.8, 4) is 16.9 Å². The molecule has 0 atom stereocenters. The number of amides is 1. The highest BCUT2D eigenvalue weighted by atomic mass is 19.1. The number of aliphatic hydroxyl groups is 1. The molecule has 140 valence electrons. The van der Waals surface area contributed by atoms with E-state index in [9.17, 15) is 14.3 Å². The van der Waals surface area contributed by atoms with Crippen LogP contribution in [0.3, 0.4) is 0 Å². The number of fused-ring (bicyclic) bond motifs is 1. The zero-order valence-corrected chi connectivity index (χ0v) is 15.4. The topological polar surface area (TPSA) is 49.8 Å².